The van der Waals surface area contributed by atoms with Gasteiger partial charge in [-0.1, -0.05) is 6.42 Å². The van der Waals surface area contributed by atoms with Crippen LogP contribution in [0.4, 0.5) is 0 Å². The van der Waals surface area contributed by atoms with Crippen LogP contribution in [0.1, 0.15) is 47.0 Å². The quantitative estimate of drug-likeness (QED) is 0.829. The van der Waals surface area contributed by atoms with E-state index in [1.54, 1.807) is 0 Å². The van der Waals surface area contributed by atoms with Gasteiger partial charge in [0, 0.05) is 25.0 Å². The second-order valence-corrected chi connectivity index (χ2v) is 7.70. The first-order chi connectivity index (χ1) is 8.76. The molecule has 1 aliphatic carbocycles. The van der Waals surface area contributed by atoms with Crippen molar-refractivity contribution in [3.05, 3.63) is 0 Å². The highest BCUT2D eigenvalue weighted by molar-refractivity contribution is 5.05. The van der Waals surface area contributed by atoms with E-state index in [1.807, 2.05) is 0 Å². The number of rotatable bonds is 5. The van der Waals surface area contributed by atoms with Gasteiger partial charge in [-0.2, -0.15) is 0 Å². The topological polar surface area (TPSA) is 24.5 Å². The molecule has 112 valence electrons. The summed E-state index contributed by atoms with van der Waals surface area (Å²) in [7, 11) is 4.34. The lowest BCUT2D eigenvalue weighted by Crippen LogP contribution is -2.49. The van der Waals surface area contributed by atoms with Crippen LogP contribution in [0.15, 0.2) is 0 Å². The maximum absolute atomic E-state index is 6.31. The van der Waals surface area contributed by atoms with Gasteiger partial charge in [0.2, 0.25) is 0 Å². The molecule has 1 saturated carbocycles. The molecule has 2 fully saturated rings. The molecule has 1 heterocycles. The van der Waals surface area contributed by atoms with E-state index in [0.29, 0.717) is 12.0 Å². The highest BCUT2D eigenvalue weighted by Crippen LogP contribution is 2.42. The fourth-order valence-electron chi connectivity index (χ4n) is 4.10. The Morgan fingerprint density at radius 2 is 1.74 bits per heavy atom. The molecule has 2 unspecified atom stereocenters. The molecule has 1 N–H and O–H groups in total. The van der Waals surface area contributed by atoms with E-state index < -0.39 is 0 Å². The number of hydrogen-bond acceptors (Lipinski definition) is 3. The summed E-state index contributed by atoms with van der Waals surface area (Å²) < 4.78 is 6.31. The Morgan fingerprint density at radius 3 is 2.21 bits per heavy atom. The van der Waals surface area contributed by atoms with Crippen molar-refractivity contribution in [2.45, 2.75) is 64.2 Å². The van der Waals surface area contributed by atoms with Crippen molar-refractivity contribution in [1.82, 2.24) is 10.2 Å². The first-order valence-corrected chi connectivity index (χ1v) is 7.82. The zero-order chi connectivity index (χ0) is 14.3. The van der Waals surface area contributed by atoms with Gasteiger partial charge in [-0.05, 0) is 60.5 Å². The van der Waals surface area contributed by atoms with E-state index in [9.17, 15) is 0 Å². The van der Waals surface area contributed by atoms with Crippen LogP contribution >= 0.6 is 0 Å². The number of ether oxygens (including phenoxy) is 1. The van der Waals surface area contributed by atoms with Gasteiger partial charge < -0.3 is 15.0 Å². The summed E-state index contributed by atoms with van der Waals surface area (Å²) in [6, 6.07) is 0.423. The molecule has 3 nitrogen and oxygen atoms in total. The smallest absolute Gasteiger partial charge is 0.0790 e. The van der Waals surface area contributed by atoms with Gasteiger partial charge in [-0.15, -0.1) is 0 Å². The third kappa shape index (κ3) is 3.14. The molecule has 0 spiro atoms. The molecule has 2 atom stereocenters. The summed E-state index contributed by atoms with van der Waals surface area (Å²) in [5.41, 5.74) is -0.134. The summed E-state index contributed by atoms with van der Waals surface area (Å²) in [6.07, 6.45) is 4.29. The van der Waals surface area contributed by atoms with Gasteiger partial charge in [-0.25, -0.2) is 0 Å². The molecule has 2 aliphatic rings. The first-order valence-electron chi connectivity index (χ1n) is 7.82. The average Bonchev–Trinajstić information content (AvgIpc) is 2.38. The van der Waals surface area contributed by atoms with E-state index in [4.69, 9.17) is 4.74 Å². The van der Waals surface area contributed by atoms with Crippen LogP contribution in [0.3, 0.4) is 0 Å². The maximum atomic E-state index is 6.31. The normalized spacial score (nSPS) is 33.6. The number of likely N-dealkylation sites (N-methyl/N-ethyl adjacent to an activating group) is 1. The minimum Gasteiger partial charge on any atom is -0.368 e. The Kier molecular flexibility index (Phi) is 4.29. The number of hydrogen-bond donors (Lipinski definition) is 1. The summed E-state index contributed by atoms with van der Waals surface area (Å²) in [6.45, 7) is 11.3. The standard InChI is InChI=1S/C16H32N2O/c1-15(2)13(14(17-5)16(3,4)19-15)11-18(6)10-12-8-7-9-12/h12-14,17H,7-11H2,1-6H3. The van der Waals surface area contributed by atoms with Crippen LogP contribution in [-0.4, -0.2) is 49.3 Å². The molecule has 19 heavy (non-hydrogen) atoms. The van der Waals surface area contributed by atoms with Crippen LogP contribution in [-0.2, 0) is 4.74 Å². The van der Waals surface area contributed by atoms with Gasteiger partial charge >= 0.3 is 0 Å². The molecule has 0 aromatic carbocycles. The SMILES string of the molecule is CNC1C(CN(C)CC2CCC2)C(C)(C)OC1(C)C. The van der Waals surface area contributed by atoms with E-state index in [1.165, 1.54) is 25.8 Å². The van der Waals surface area contributed by atoms with Crippen molar-refractivity contribution in [1.29, 1.82) is 0 Å². The molecular weight excluding hydrogens is 236 g/mol. The van der Waals surface area contributed by atoms with Crippen LogP contribution < -0.4 is 5.32 Å². The lowest BCUT2D eigenvalue weighted by atomic mass is 9.81. The second kappa shape index (κ2) is 5.34. The third-order valence-electron chi connectivity index (χ3n) is 5.18. The summed E-state index contributed by atoms with van der Waals surface area (Å²) in [5.74, 6) is 1.48. The largest absolute Gasteiger partial charge is 0.368 e. The highest BCUT2D eigenvalue weighted by Gasteiger charge is 2.53. The highest BCUT2D eigenvalue weighted by atomic mass is 16.5. The molecule has 0 amide bonds. The van der Waals surface area contributed by atoms with Crippen LogP contribution in [0.5, 0.6) is 0 Å². The molecule has 0 radical (unpaired) electrons. The minimum absolute atomic E-state index is 0.0505. The lowest BCUT2D eigenvalue weighted by Gasteiger charge is -2.36. The molecule has 0 aromatic rings. The maximum Gasteiger partial charge on any atom is 0.0790 e. The molecule has 3 heteroatoms. The van der Waals surface area contributed by atoms with Gasteiger partial charge in [-0.3, -0.25) is 0 Å². The van der Waals surface area contributed by atoms with Crippen molar-refractivity contribution in [2.24, 2.45) is 11.8 Å². The average molecular weight is 268 g/mol. The third-order valence-corrected chi connectivity index (χ3v) is 5.18. The monoisotopic (exact) mass is 268 g/mol. The van der Waals surface area contributed by atoms with Crippen molar-refractivity contribution in [3.8, 4) is 0 Å². The van der Waals surface area contributed by atoms with Crippen molar-refractivity contribution in [2.75, 3.05) is 27.2 Å². The minimum atomic E-state index is -0.0831. The van der Waals surface area contributed by atoms with E-state index in [2.05, 4.69) is 52.0 Å². The van der Waals surface area contributed by atoms with Gasteiger partial charge in [0.25, 0.3) is 0 Å². The van der Waals surface area contributed by atoms with Crippen LogP contribution in [0.25, 0.3) is 0 Å². The molecule has 1 saturated heterocycles. The second-order valence-electron chi connectivity index (χ2n) is 7.70. The van der Waals surface area contributed by atoms with Crippen LogP contribution in [0.2, 0.25) is 0 Å². The number of nitrogens with zero attached hydrogens (tertiary/aromatic N) is 1. The number of nitrogens with one attached hydrogen (secondary N) is 1. The zero-order valence-electron chi connectivity index (χ0n) is 13.6. The summed E-state index contributed by atoms with van der Waals surface area (Å²) >= 11 is 0. The predicted octanol–water partition coefficient (Wildman–Crippen LogP) is 2.51. The molecule has 2 rings (SSSR count). The zero-order valence-corrected chi connectivity index (χ0v) is 13.6. The van der Waals surface area contributed by atoms with Gasteiger partial charge in [0.15, 0.2) is 0 Å². The summed E-state index contributed by atoms with van der Waals surface area (Å²) in [5, 5.41) is 3.49. The lowest BCUT2D eigenvalue weighted by molar-refractivity contribution is -0.0793. The predicted molar refractivity (Wildman–Crippen MR) is 80.4 cm³/mol. The Hall–Kier alpha value is -0.120. The van der Waals surface area contributed by atoms with E-state index >= 15 is 0 Å². The van der Waals surface area contributed by atoms with E-state index in [0.717, 1.165) is 12.5 Å². The molecular formula is C16H32N2O. The first kappa shape index (κ1) is 15.3. The van der Waals surface area contributed by atoms with Crippen molar-refractivity contribution in [3.63, 3.8) is 0 Å². The Balaban J connectivity index is 1.99. The van der Waals surface area contributed by atoms with Crippen molar-refractivity contribution < 1.29 is 4.74 Å². The van der Waals surface area contributed by atoms with Gasteiger partial charge in [0.1, 0.15) is 0 Å². The molecule has 0 bridgehead atoms. The molecule has 1 aliphatic heterocycles. The summed E-state index contributed by atoms with van der Waals surface area (Å²) in [4.78, 5) is 2.52. The fraction of sp³-hybridized carbons (Fsp3) is 1.00. The Morgan fingerprint density at radius 1 is 1.11 bits per heavy atom. The molecule has 0 aromatic heterocycles. The fourth-order valence-corrected chi connectivity index (χ4v) is 4.10. The van der Waals surface area contributed by atoms with Crippen molar-refractivity contribution >= 4 is 0 Å². The Bertz CT molecular complexity index is 310. The van der Waals surface area contributed by atoms with E-state index in [-0.39, 0.29) is 11.2 Å². The van der Waals surface area contributed by atoms with Gasteiger partial charge in [0.05, 0.1) is 11.2 Å². The Labute approximate surface area is 119 Å². The van der Waals surface area contributed by atoms with Crippen LogP contribution in [0, 0.1) is 11.8 Å².